The molecule has 0 saturated heterocycles. The first-order valence-electron chi connectivity index (χ1n) is 5.63. The van der Waals surface area contributed by atoms with Crippen LogP contribution in [0.3, 0.4) is 0 Å². The van der Waals surface area contributed by atoms with Gasteiger partial charge in [0.2, 0.25) is 0 Å². The minimum atomic E-state index is -2.88. The fourth-order valence-corrected chi connectivity index (χ4v) is 1.24. The maximum absolute atomic E-state index is 12.0. The number of carbonyl (C=O) groups excluding carboxylic acids is 1. The molecular formula is C12H16F2N2O2. The summed E-state index contributed by atoms with van der Waals surface area (Å²) in [6.07, 6.45) is 0.807. The van der Waals surface area contributed by atoms with Crippen molar-refractivity contribution < 1.29 is 18.3 Å². The zero-order chi connectivity index (χ0) is 13.5. The Morgan fingerprint density at radius 3 is 2.78 bits per heavy atom. The Kier molecular flexibility index (Phi) is 5.35. The predicted octanol–water partition coefficient (Wildman–Crippen LogP) is 3.21. The second-order valence-electron chi connectivity index (χ2n) is 3.81. The second kappa shape index (κ2) is 6.78. The summed E-state index contributed by atoms with van der Waals surface area (Å²) in [7, 11) is 0. The molecule has 2 N–H and O–H groups in total. The van der Waals surface area contributed by atoms with Crippen molar-refractivity contribution >= 4 is 11.7 Å². The molecule has 0 aliphatic rings. The van der Waals surface area contributed by atoms with Gasteiger partial charge in [0.05, 0.1) is 0 Å². The van der Waals surface area contributed by atoms with Gasteiger partial charge in [0.15, 0.2) is 0 Å². The van der Waals surface area contributed by atoms with E-state index in [2.05, 4.69) is 15.4 Å². The molecule has 1 rings (SSSR count). The van der Waals surface area contributed by atoms with Crippen molar-refractivity contribution in [2.75, 3.05) is 5.32 Å². The molecule has 0 heterocycles. The molecule has 1 aromatic rings. The van der Waals surface area contributed by atoms with Crippen molar-refractivity contribution in [1.29, 1.82) is 0 Å². The van der Waals surface area contributed by atoms with Crippen LogP contribution < -0.4 is 15.4 Å². The monoisotopic (exact) mass is 258 g/mol. The van der Waals surface area contributed by atoms with E-state index in [-0.39, 0.29) is 17.8 Å². The van der Waals surface area contributed by atoms with Crippen LogP contribution in [0.25, 0.3) is 0 Å². The molecule has 6 heteroatoms. The first kappa shape index (κ1) is 14.2. The summed E-state index contributed by atoms with van der Waals surface area (Å²) in [6, 6.07) is 5.52. The third kappa shape index (κ3) is 4.99. The van der Waals surface area contributed by atoms with E-state index in [9.17, 15) is 13.6 Å². The lowest BCUT2D eigenvalue weighted by Crippen LogP contribution is -2.35. The molecule has 0 radical (unpaired) electrons. The number of nitrogens with one attached hydrogen (secondary N) is 2. The Balaban J connectivity index is 2.59. The highest BCUT2D eigenvalue weighted by atomic mass is 19.3. The predicted molar refractivity (Wildman–Crippen MR) is 65.0 cm³/mol. The van der Waals surface area contributed by atoms with Crippen molar-refractivity contribution in [3.8, 4) is 5.75 Å². The molecule has 0 saturated carbocycles. The maximum Gasteiger partial charge on any atom is 0.387 e. The zero-order valence-electron chi connectivity index (χ0n) is 10.2. The molecule has 0 spiro atoms. The molecule has 0 fully saturated rings. The molecule has 1 aromatic carbocycles. The van der Waals surface area contributed by atoms with E-state index >= 15 is 0 Å². The summed E-state index contributed by atoms with van der Waals surface area (Å²) < 4.78 is 28.3. The van der Waals surface area contributed by atoms with E-state index in [4.69, 9.17) is 0 Å². The lowest BCUT2D eigenvalue weighted by Gasteiger charge is -2.13. The smallest absolute Gasteiger partial charge is 0.387 e. The van der Waals surface area contributed by atoms with E-state index in [1.807, 2.05) is 13.8 Å². The number of amides is 2. The lowest BCUT2D eigenvalue weighted by molar-refractivity contribution is -0.0497. The van der Waals surface area contributed by atoms with Crippen molar-refractivity contribution in [2.24, 2.45) is 0 Å². The molecule has 0 aliphatic carbocycles. The SMILES string of the molecule is CC[C@H](C)NC(=O)Nc1cccc(OC(F)F)c1. The van der Waals surface area contributed by atoms with Gasteiger partial charge in [0.1, 0.15) is 5.75 Å². The van der Waals surface area contributed by atoms with Crippen LogP contribution in [0.1, 0.15) is 20.3 Å². The van der Waals surface area contributed by atoms with Crippen molar-refractivity contribution in [1.82, 2.24) is 5.32 Å². The molecule has 0 aliphatic heterocycles. The van der Waals surface area contributed by atoms with Crippen LogP contribution in [0.2, 0.25) is 0 Å². The minimum absolute atomic E-state index is 0.00587. The largest absolute Gasteiger partial charge is 0.435 e. The first-order chi connectivity index (χ1) is 8.51. The van der Waals surface area contributed by atoms with Gasteiger partial charge in [-0.3, -0.25) is 0 Å². The fourth-order valence-electron chi connectivity index (χ4n) is 1.24. The minimum Gasteiger partial charge on any atom is -0.435 e. The molecule has 4 nitrogen and oxygen atoms in total. The summed E-state index contributed by atoms with van der Waals surface area (Å²) in [4.78, 5) is 11.5. The summed E-state index contributed by atoms with van der Waals surface area (Å²) in [5.74, 6) is 0.00587. The third-order valence-corrected chi connectivity index (χ3v) is 2.31. The number of hydrogen-bond acceptors (Lipinski definition) is 2. The molecule has 100 valence electrons. The number of benzene rings is 1. The molecule has 2 amide bonds. The molecular weight excluding hydrogens is 242 g/mol. The van der Waals surface area contributed by atoms with Crippen molar-refractivity contribution in [3.05, 3.63) is 24.3 Å². The van der Waals surface area contributed by atoms with E-state index in [1.54, 1.807) is 6.07 Å². The average Bonchev–Trinajstić information content (AvgIpc) is 2.28. The highest BCUT2D eigenvalue weighted by Crippen LogP contribution is 2.19. The number of alkyl halides is 2. The topological polar surface area (TPSA) is 50.4 Å². The van der Waals surface area contributed by atoms with E-state index in [0.29, 0.717) is 5.69 Å². The highest BCUT2D eigenvalue weighted by Gasteiger charge is 2.07. The number of urea groups is 1. The van der Waals surface area contributed by atoms with Crippen LogP contribution in [0.5, 0.6) is 5.75 Å². The van der Waals surface area contributed by atoms with Crippen LogP contribution in [-0.2, 0) is 0 Å². The van der Waals surface area contributed by atoms with Crippen molar-refractivity contribution in [2.45, 2.75) is 32.9 Å². The lowest BCUT2D eigenvalue weighted by atomic mass is 10.2. The molecule has 1 atom stereocenters. The van der Waals surface area contributed by atoms with Gasteiger partial charge in [-0.05, 0) is 25.5 Å². The normalized spacial score (nSPS) is 12.1. The Morgan fingerprint density at radius 2 is 2.17 bits per heavy atom. The number of halogens is 2. The van der Waals surface area contributed by atoms with E-state index in [0.717, 1.165) is 6.42 Å². The van der Waals surface area contributed by atoms with Crippen LogP contribution in [-0.4, -0.2) is 18.7 Å². The number of rotatable bonds is 5. The number of ether oxygens (including phenoxy) is 1. The third-order valence-electron chi connectivity index (χ3n) is 2.31. The number of hydrogen-bond donors (Lipinski definition) is 2. The summed E-state index contributed by atoms with van der Waals surface area (Å²) in [6.45, 7) is 0.937. The van der Waals surface area contributed by atoms with Gasteiger partial charge in [-0.15, -0.1) is 0 Å². The Hall–Kier alpha value is -1.85. The first-order valence-corrected chi connectivity index (χ1v) is 5.63. The fraction of sp³-hybridized carbons (Fsp3) is 0.417. The van der Waals surface area contributed by atoms with E-state index in [1.165, 1.54) is 18.2 Å². The van der Waals surface area contributed by atoms with Gasteiger partial charge in [-0.2, -0.15) is 8.78 Å². The summed E-state index contributed by atoms with van der Waals surface area (Å²) in [5.41, 5.74) is 0.397. The van der Waals surface area contributed by atoms with Crippen molar-refractivity contribution in [3.63, 3.8) is 0 Å². The average molecular weight is 258 g/mol. The Labute approximate surface area is 104 Å². The molecule has 0 bridgehead atoms. The number of anilines is 1. The van der Waals surface area contributed by atoms with Gasteiger partial charge in [0, 0.05) is 17.8 Å². The molecule has 0 unspecified atom stereocenters. The van der Waals surface area contributed by atoms with Crippen LogP contribution >= 0.6 is 0 Å². The second-order valence-corrected chi connectivity index (χ2v) is 3.81. The zero-order valence-corrected chi connectivity index (χ0v) is 10.2. The summed E-state index contributed by atoms with van der Waals surface area (Å²) in [5, 5.41) is 5.25. The van der Waals surface area contributed by atoms with Gasteiger partial charge < -0.3 is 15.4 Å². The van der Waals surface area contributed by atoms with Crippen LogP contribution in [0.15, 0.2) is 24.3 Å². The van der Waals surface area contributed by atoms with Gasteiger partial charge in [0.25, 0.3) is 0 Å². The van der Waals surface area contributed by atoms with Gasteiger partial charge >= 0.3 is 12.6 Å². The van der Waals surface area contributed by atoms with Crippen LogP contribution in [0.4, 0.5) is 19.3 Å². The standard InChI is InChI=1S/C12H16F2N2O2/c1-3-8(2)15-12(17)16-9-5-4-6-10(7-9)18-11(13)14/h4-8,11H,3H2,1-2H3,(H2,15,16,17)/t8-/m0/s1. The quantitative estimate of drug-likeness (QED) is 0.852. The summed E-state index contributed by atoms with van der Waals surface area (Å²) >= 11 is 0. The van der Waals surface area contributed by atoms with E-state index < -0.39 is 6.61 Å². The Morgan fingerprint density at radius 1 is 1.44 bits per heavy atom. The molecule has 18 heavy (non-hydrogen) atoms. The van der Waals surface area contributed by atoms with Gasteiger partial charge in [-0.1, -0.05) is 13.0 Å². The van der Waals surface area contributed by atoms with Crippen LogP contribution in [0, 0.1) is 0 Å². The molecule has 0 aromatic heterocycles. The van der Waals surface area contributed by atoms with Gasteiger partial charge in [-0.25, -0.2) is 4.79 Å². The highest BCUT2D eigenvalue weighted by molar-refractivity contribution is 5.89. The Bertz CT molecular complexity index is 399. The number of carbonyl (C=O) groups is 1. The maximum atomic E-state index is 12.0.